The van der Waals surface area contributed by atoms with Gasteiger partial charge in [-0.05, 0) is 12.8 Å². The minimum absolute atomic E-state index is 0.363. The van der Waals surface area contributed by atoms with Crippen molar-refractivity contribution in [3.63, 3.8) is 0 Å². The summed E-state index contributed by atoms with van der Waals surface area (Å²) in [4.78, 5) is 12.8. The molecule has 0 aromatic heterocycles. The number of hydrogen-bond acceptors (Lipinski definition) is 3. The zero-order chi connectivity index (χ0) is 7.90. The summed E-state index contributed by atoms with van der Waals surface area (Å²) in [5.74, 6) is -0.729. The standard InChI is InChI=1S/C7H11NO3/c9-6(10)7-2-1-3-8(7)5-11-4-7/h1-5H2,(H,9,10). The maximum Gasteiger partial charge on any atom is 0.326 e. The van der Waals surface area contributed by atoms with Gasteiger partial charge in [-0.25, -0.2) is 0 Å². The fourth-order valence-corrected chi connectivity index (χ4v) is 1.91. The fraction of sp³-hybridized carbons (Fsp3) is 0.857. The third kappa shape index (κ3) is 0.795. The van der Waals surface area contributed by atoms with Crippen LogP contribution in [0.2, 0.25) is 0 Å². The van der Waals surface area contributed by atoms with E-state index < -0.39 is 11.5 Å². The molecule has 0 aliphatic carbocycles. The number of aliphatic carboxylic acids is 1. The van der Waals surface area contributed by atoms with Gasteiger partial charge in [0.2, 0.25) is 0 Å². The van der Waals surface area contributed by atoms with Crippen LogP contribution in [0, 0.1) is 0 Å². The molecule has 0 saturated carbocycles. The zero-order valence-electron chi connectivity index (χ0n) is 6.25. The van der Waals surface area contributed by atoms with E-state index in [9.17, 15) is 4.79 Å². The van der Waals surface area contributed by atoms with Gasteiger partial charge in [0, 0.05) is 6.54 Å². The molecule has 2 fully saturated rings. The summed E-state index contributed by atoms with van der Waals surface area (Å²) in [6, 6.07) is 0. The second kappa shape index (κ2) is 2.19. The minimum atomic E-state index is -0.729. The van der Waals surface area contributed by atoms with Crippen LogP contribution >= 0.6 is 0 Å². The van der Waals surface area contributed by atoms with E-state index in [1.165, 1.54) is 0 Å². The van der Waals surface area contributed by atoms with Crippen molar-refractivity contribution in [2.24, 2.45) is 0 Å². The second-order valence-corrected chi connectivity index (χ2v) is 3.18. The highest BCUT2D eigenvalue weighted by Gasteiger charge is 2.51. The summed E-state index contributed by atoms with van der Waals surface area (Å²) in [5, 5.41) is 8.95. The molecule has 0 aromatic rings. The number of hydrogen-bond donors (Lipinski definition) is 1. The summed E-state index contributed by atoms with van der Waals surface area (Å²) in [6.45, 7) is 1.72. The van der Waals surface area contributed by atoms with Crippen molar-refractivity contribution in [2.45, 2.75) is 18.4 Å². The van der Waals surface area contributed by atoms with Crippen molar-refractivity contribution in [3.8, 4) is 0 Å². The second-order valence-electron chi connectivity index (χ2n) is 3.18. The molecule has 0 aromatic carbocycles. The lowest BCUT2D eigenvalue weighted by Gasteiger charge is -2.23. The van der Waals surface area contributed by atoms with Gasteiger partial charge in [0.1, 0.15) is 12.3 Å². The van der Waals surface area contributed by atoms with Crippen LogP contribution in [0.15, 0.2) is 0 Å². The lowest BCUT2D eigenvalue weighted by Crippen LogP contribution is -2.47. The van der Waals surface area contributed by atoms with E-state index in [2.05, 4.69) is 0 Å². The number of rotatable bonds is 1. The summed E-state index contributed by atoms with van der Waals surface area (Å²) < 4.78 is 5.12. The number of fused-ring (bicyclic) bond motifs is 1. The van der Waals surface area contributed by atoms with Crippen molar-refractivity contribution in [1.82, 2.24) is 4.90 Å². The highest BCUT2D eigenvalue weighted by molar-refractivity contribution is 5.79. The number of carbonyl (C=O) groups is 1. The van der Waals surface area contributed by atoms with Crippen molar-refractivity contribution in [1.29, 1.82) is 0 Å². The van der Waals surface area contributed by atoms with Crippen LogP contribution in [-0.4, -0.2) is 41.4 Å². The maximum atomic E-state index is 10.9. The third-order valence-corrected chi connectivity index (χ3v) is 2.61. The van der Waals surface area contributed by atoms with Crippen LogP contribution in [0.25, 0.3) is 0 Å². The Morgan fingerprint density at radius 2 is 2.45 bits per heavy atom. The van der Waals surface area contributed by atoms with Gasteiger partial charge < -0.3 is 9.84 Å². The molecule has 62 valence electrons. The zero-order valence-corrected chi connectivity index (χ0v) is 6.25. The Labute approximate surface area is 64.7 Å². The van der Waals surface area contributed by atoms with E-state index in [-0.39, 0.29) is 0 Å². The minimum Gasteiger partial charge on any atom is -0.480 e. The number of carboxylic acids is 1. The summed E-state index contributed by atoms with van der Waals surface area (Å²) >= 11 is 0. The molecule has 2 aliphatic rings. The first-order valence-electron chi connectivity index (χ1n) is 3.82. The predicted molar refractivity (Wildman–Crippen MR) is 37.1 cm³/mol. The van der Waals surface area contributed by atoms with E-state index in [0.717, 1.165) is 19.4 Å². The molecule has 0 spiro atoms. The van der Waals surface area contributed by atoms with Gasteiger partial charge in [0.05, 0.1) is 6.61 Å². The molecule has 0 radical (unpaired) electrons. The molecule has 2 saturated heterocycles. The quantitative estimate of drug-likeness (QED) is 0.577. The average Bonchev–Trinajstić information content (AvgIpc) is 2.40. The molecule has 0 bridgehead atoms. The Kier molecular flexibility index (Phi) is 1.40. The van der Waals surface area contributed by atoms with Gasteiger partial charge in [0.15, 0.2) is 0 Å². The Morgan fingerprint density at radius 1 is 1.64 bits per heavy atom. The highest BCUT2D eigenvalue weighted by Crippen LogP contribution is 2.33. The molecule has 2 heterocycles. The van der Waals surface area contributed by atoms with Gasteiger partial charge in [-0.3, -0.25) is 9.69 Å². The van der Waals surface area contributed by atoms with Crippen molar-refractivity contribution < 1.29 is 14.6 Å². The molecular formula is C7H11NO3. The van der Waals surface area contributed by atoms with Crippen LogP contribution in [0.3, 0.4) is 0 Å². The average molecular weight is 157 g/mol. The van der Waals surface area contributed by atoms with Crippen molar-refractivity contribution in [3.05, 3.63) is 0 Å². The molecule has 1 N–H and O–H groups in total. The fourth-order valence-electron chi connectivity index (χ4n) is 1.91. The molecular weight excluding hydrogens is 146 g/mol. The molecule has 4 heteroatoms. The van der Waals surface area contributed by atoms with Gasteiger partial charge in [-0.2, -0.15) is 0 Å². The molecule has 2 aliphatic heterocycles. The molecule has 1 unspecified atom stereocenters. The van der Waals surface area contributed by atoms with E-state index in [1.807, 2.05) is 4.90 Å². The van der Waals surface area contributed by atoms with Gasteiger partial charge in [0.25, 0.3) is 0 Å². The van der Waals surface area contributed by atoms with Crippen LogP contribution < -0.4 is 0 Å². The Balaban J connectivity index is 2.26. The first kappa shape index (κ1) is 7.06. The maximum absolute atomic E-state index is 10.9. The molecule has 2 rings (SSSR count). The van der Waals surface area contributed by atoms with E-state index in [1.54, 1.807) is 0 Å². The predicted octanol–water partition coefficient (Wildman–Crippen LogP) is -0.107. The van der Waals surface area contributed by atoms with Crippen LogP contribution in [-0.2, 0) is 9.53 Å². The Hall–Kier alpha value is -0.610. The number of ether oxygens (including phenoxy) is 1. The number of carboxylic acid groups (broad SMARTS) is 1. The monoisotopic (exact) mass is 157 g/mol. The lowest BCUT2D eigenvalue weighted by molar-refractivity contribution is -0.147. The summed E-state index contributed by atoms with van der Waals surface area (Å²) in [5.41, 5.74) is -0.667. The van der Waals surface area contributed by atoms with E-state index in [4.69, 9.17) is 9.84 Å². The first-order valence-corrected chi connectivity index (χ1v) is 3.82. The van der Waals surface area contributed by atoms with E-state index >= 15 is 0 Å². The van der Waals surface area contributed by atoms with Gasteiger partial charge in [-0.1, -0.05) is 0 Å². The Morgan fingerprint density at radius 3 is 3.09 bits per heavy atom. The Bertz CT molecular complexity index is 182. The smallest absolute Gasteiger partial charge is 0.326 e. The third-order valence-electron chi connectivity index (χ3n) is 2.61. The largest absolute Gasteiger partial charge is 0.480 e. The van der Waals surface area contributed by atoms with Gasteiger partial charge in [-0.15, -0.1) is 0 Å². The first-order chi connectivity index (χ1) is 5.26. The lowest BCUT2D eigenvalue weighted by atomic mass is 9.99. The normalized spacial score (nSPS) is 37.5. The van der Waals surface area contributed by atoms with Crippen LogP contribution in [0.5, 0.6) is 0 Å². The highest BCUT2D eigenvalue weighted by atomic mass is 16.5. The van der Waals surface area contributed by atoms with Crippen molar-refractivity contribution in [2.75, 3.05) is 19.9 Å². The molecule has 4 nitrogen and oxygen atoms in total. The van der Waals surface area contributed by atoms with Crippen LogP contribution in [0.1, 0.15) is 12.8 Å². The van der Waals surface area contributed by atoms with Crippen molar-refractivity contribution >= 4 is 5.97 Å². The molecule has 1 atom stereocenters. The summed E-state index contributed by atoms with van der Waals surface area (Å²) in [6.07, 6.45) is 1.72. The van der Waals surface area contributed by atoms with Crippen LogP contribution in [0.4, 0.5) is 0 Å². The molecule has 0 amide bonds. The SMILES string of the molecule is O=C(O)C12CCCN1COC2. The summed E-state index contributed by atoms with van der Waals surface area (Å²) in [7, 11) is 0. The van der Waals surface area contributed by atoms with E-state index in [0.29, 0.717) is 13.3 Å². The topological polar surface area (TPSA) is 49.8 Å². The van der Waals surface area contributed by atoms with Gasteiger partial charge >= 0.3 is 5.97 Å². The molecule has 11 heavy (non-hydrogen) atoms. The number of nitrogens with zero attached hydrogens (tertiary/aromatic N) is 1.